The molecule has 1 aromatic heterocycles. The minimum absolute atomic E-state index is 0.126. The average Bonchev–Trinajstić information content (AvgIpc) is 3.16. The minimum Gasteiger partial charge on any atom is -0.496 e. The van der Waals surface area contributed by atoms with Crippen molar-refractivity contribution in [3.8, 4) is 11.5 Å². The topological polar surface area (TPSA) is 51.7 Å². The van der Waals surface area contributed by atoms with Crippen LogP contribution < -0.4 is 9.47 Å². The molecule has 0 fully saturated rings. The first-order valence-corrected chi connectivity index (χ1v) is 9.46. The van der Waals surface area contributed by atoms with Crippen LogP contribution in [-0.4, -0.2) is 29.9 Å². The predicted molar refractivity (Wildman–Crippen MR) is 106 cm³/mol. The summed E-state index contributed by atoms with van der Waals surface area (Å²) in [6, 6.07) is 15.5. The Hall–Kier alpha value is -2.86. The van der Waals surface area contributed by atoms with Crippen LogP contribution in [0.5, 0.6) is 11.5 Å². The third-order valence-corrected chi connectivity index (χ3v) is 4.92. The molecule has 0 N–H and O–H groups in total. The van der Waals surface area contributed by atoms with Crippen molar-refractivity contribution >= 4 is 17.2 Å². The van der Waals surface area contributed by atoms with E-state index in [1.807, 2.05) is 55.5 Å². The molecule has 0 radical (unpaired) electrons. The molecule has 140 valence electrons. The lowest BCUT2D eigenvalue weighted by Gasteiger charge is -2.17. The summed E-state index contributed by atoms with van der Waals surface area (Å²) in [6.45, 7) is 2.83. The van der Waals surface area contributed by atoms with Gasteiger partial charge in [-0.2, -0.15) is 0 Å². The van der Waals surface area contributed by atoms with E-state index < -0.39 is 0 Å². The summed E-state index contributed by atoms with van der Waals surface area (Å²) >= 11 is 1.42. The van der Waals surface area contributed by atoms with E-state index in [9.17, 15) is 4.79 Å². The number of hydrogen-bond acceptors (Lipinski definition) is 5. The van der Waals surface area contributed by atoms with Gasteiger partial charge in [0.1, 0.15) is 28.8 Å². The van der Waals surface area contributed by atoms with Crippen LogP contribution in [0.2, 0.25) is 0 Å². The van der Waals surface area contributed by atoms with Crippen molar-refractivity contribution in [3.63, 3.8) is 0 Å². The lowest BCUT2D eigenvalue weighted by molar-refractivity contribution is 0.0779. The molecule has 0 aliphatic rings. The van der Waals surface area contributed by atoms with Crippen molar-refractivity contribution in [1.29, 1.82) is 0 Å². The van der Waals surface area contributed by atoms with Gasteiger partial charge in [0.2, 0.25) is 0 Å². The first-order chi connectivity index (χ1) is 13.1. The Morgan fingerprint density at radius 1 is 1.15 bits per heavy atom. The molecule has 27 heavy (non-hydrogen) atoms. The lowest BCUT2D eigenvalue weighted by Crippen LogP contribution is -2.26. The maximum Gasteiger partial charge on any atom is 0.273 e. The van der Waals surface area contributed by atoms with Gasteiger partial charge in [0.25, 0.3) is 5.91 Å². The van der Waals surface area contributed by atoms with Crippen LogP contribution in [0.25, 0.3) is 0 Å². The van der Waals surface area contributed by atoms with Crippen molar-refractivity contribution in [3.05, 3.63) is 75.7 Å². The molecule has 0 aliphatic heterocycles. The van der Waals surface area contributed by atoms with E-state index in [0.717, 1.165) is 22.1 Å². The fourth-order valence-electron chi connectivity index (χ4n) is 2.61. The second-order valence-electron chi connectivity index (χ2n) is 6.20. The highest BCUT2D eigenvalue weighted by molar-refractivity contribution is 7.09. The fourth-order valence-corrected chi connectivity index (χ4v) is 3.29. The largest absolute Gasteiger partial charge is 0.496 e. The van der Waals surface area contributed by atoms with Crippen molar-refractivity contribution in [2.45, 2.75) is 20.1 Å². The van der Waals surface area contributed by atoms with Crippen LogP contribution >= 0.6 is 11.3 Å². The molecule has 1 heterocycles. The van der Waals surface area contributed by atoms with Gasteiger partial charge in [0.15, 0.2) is 0 Å². The molecule has 3 aromatic rings. The number of carbonyl (C=O) groups excluding carboxylic acids is 1. The number of thiazole rings is 1. The Balaban J connectivity index is 1.61. The number of aromatic nitrogens is 1. The first-order valence-electron chi connectivity index (χ1n) is 8.58. The van der Waals surface area contributed by atoms with Crippen LogP contribution in [0, 0.1) is 6.92 Å². The summed E-state index contributed by atoms with van der Waals surface area (Å²) in [5, 5.41) is 2.54. The number of aryl methyl sites for hydroxylation is 1. The highest BCUT2D eigenvalue weighted by Gasteiger charge is 2.17. The number of ether oxygens (including phenoxy) is 2. The highest BCUT2D eigenvalue weighted by Crippen LogP contribution is 2.21. The molecular formula is C21H22N2O3S. The third kappa shape index (κ3) is 4.86. The summed E-state index contributed by atoms with van der Waals surface area (Å²) in [4.78, 5) is 18.7. The van der Waals surface area contributed by atoms with E-state index in [-0.39, 0.29) is 5.91 Å². The Labute approximate surface area is 163 Å². The number of carbonyl (C=O) groups is 1. The maximum atomic E-state index is 12.7. The summed E-state index contributed by atoms with van der Waals surface area (Å²) < 4.78 is 11.1. The monoisotopic (exact) mass is 382 g/mol. The zero-order valence-corrected chi connectivity index (χ0v) is 16.5. The third-order valence-electron chi connectivity index (χ3n) is 4.10. The van der Waals surface area contributed by atoms with Crippen molar-refractivity contribution in [2.75, 3.05) is 14.2 Å². The second-order valence-corrected chi connectivity index (χ2v) is 7.14. The molecule has 0 saturated carbocycles. The summed E-state index contributed by atoms with van der Waals surface area (Å²) in [5.41, 5.74) is 2.57. The fraction of sp³-hybridized carbons (Fsp3) is 0.238. The van der Waals surface area contributed by atoms with Crippen LogP contribution in [0.4, 0.5) is 0 Å². The number of methoxy groups -OCH3 is 1. The number of para-hydroxylation sites is 1. The van der Waals surface area contributed by atoms with Crippen molar-refractivity contribution in [2.24, 2.45) is 0 Å². The van der Waals surface area contributed by atoms with Crippen molar-refractivity contribution in [1.82, 2.24) is 9.88 Å². The zero-order chi connectivity index (χ0) is 19.2. The molecule has 0 atom stereocenters. The van der Waals surface area contributed by atoms with Gasteiger partial charge in [-0.25, -0.2) is 4.98 Å². The van der Waals surface area contributed by atoms with E-state index in [2.05, 4.69) is 4.98 Å². The van der Waals surface area contributed by atoms with E-state index in [1.54, 1.807) is 24.4 Å². The summed E-state index contributed by atoms with van der Waals surface area (Å²) in [5.74, 6) is 1.43. The van der Waals surface area contributed by atoms with E-state index in [1.165, 1.54) is 16.9 Å². The maximum absolute atomic E-state index is 12.7. The molecule has 0 bridgehead atoms. The molecule has 1 amide bonds. The van der Waals surface area contributed by atoms with Gasteiger partial charge >= 0.3 is 0 Å². The van der Waals surface area contributed by atoms with Gasteiger partial charge in [0, 0.05) is 24.5 Å². The molecule has 0 spiro atoms. The van der Waals surface area contributed by atoms with E-state index >= 15 is 0 Å². The van der Waals surface area contributed by atoms with Gasteiger partial charge in [0.05, 0.1) is 7.11 Å². The summed E-state index contributed by atoms with van der Waals surface area (Å²) in [6.07, 6.45) is 0. The standard InChI is InChI=1S/C21H22N2O3S/c1-15-8-10-17(11-9-15)26-13-20-22-18(14-27-20)21(24)23(2)12-16-6-4-5-7-19(16)25-3/h4-11,14H,12-13H2,1-3H3. The normalized spacial score (nSPS) is 10.5. The predicted octanol–water partition coefficient (Wildman–Crippen LogP) is 4.31. The lowest BCUT2D eigenvalue weighted by atomic mass is 10.2. The number of benzene rings is 2. The Morgan fingerprint density at radius 3 is 2.63 bits per heavy atom. The summed E-state index contributed by atoms with van der Waals surface area (Å²) in [7, 11) is 3.39. The number of hydrogen-bond donors (Lipinski definition) is 0. The Morgan fingerprint density at radius 2 is 1.89 bits per heavy atom. The number of rotatable bonds is 7. The van der Waals surface area contributed by atoms with Crippen LogP contribution in [-0.2, 0) is 13.2 Å². The molecule has 3 rings (SSSR count). The molecule has 0 saturated heterocycles. The molecule has 5 nitrogen and oxygen atoms in total. The quantitative estimate of drug-likeness (QED) is 0.611. The number of amides is 1. The minimum atomic E-state index is -0.126. The molecule has 2 aromatic carbocycles. The van der Waals surface area contributed by atoms with Gasteiger partial charge in [-0.1, -0.05) is 35.9 Å². The van der Waals surface area contributed by atoms with Crippen molar-refractivity contribution < 1.29 is 14.3 Å². The van der Waals surface area contributed by atoms with E-state index in [4.69, 9.17) is 9.47 Å². The van der Waals surface area contributed by atoms with E-state index in [0.29, 0.717) is 18.8 Å². The van der Waals surface area contributed by atoms with Gasteiger partial charge < -0.3 is 14.4 Å². The van der Waals surface area contributed by atoms with Crippen LogP contribution in [0.1, 0.15) is 26.6 Å². The molecule has 0 aliphatic carbocycles. The molecule has 0 unspecified atom stereocenters. The zero-order valence-electron chi connectivity index (χ0n) is 15.6. The second kappa shape index (κ2) is 8.68. The molecular weight excluding hydrogens is 360 g/mol. The Kier molecular flexibility index (Phi) is 6.08. The first kappa shape index (κ1) is 18.9. The smallest absolute Gasteiger partial charge is 0.273 e. The van der Waals surface area contributed by atoms with Gasteiger partial charge in [-0.05, 0) is 25.1 Å². The average molecular weight is 382 g/mol. The van der Waals surface area contributed by atoms with Gasteiger partial charge in [-0.15, -0.1) is 11.3 Å². The molecule has 6 heteroatoms. The number of nitrogens with zero attached hydrogens (tertiary/aromatic N) is 2. The Bertz CT molecular complexity index is 906. The van der Waals surface area contributed by atoms with Crippen LogP contribution in [0.3, 0.4) is 0 Å². The van der Waals surface area contributed by atoms with Crippen LogP contribution in [0.15, 0.2) is 53.9 Å². The van der Waals surface area contributed by atoms with Gasteiger partial charge in [-0.3, -0.25) is 4.79 Å². The SMILES string of the molecule is COc1ccccc1CN(C)C(=O)c1csc(COc2ccc(C)cc2)n1. The highest BCUT2D eigenvalue weighted by atomic mass is 32.1.